The van der Waals surface area contributed by atoms with Gasteiger partial charge in [0.1, 0.15) is 17.5 Å². The van der Waals surface area contributed by atoms with Crippen molar-refractivity contribution in [1.29, 1.82) is 0 Å². The minimum Gasteiger partial charge on any atom is -0.207 e. The highest BCUT2D eigenvalue weighted by atomic mass is 79.9. The van der Waals surface area contributed by atoms with E-state index in [0.29, 0.717) is 30.3 Å². The molecule has 0 saturated carbocycles. The lowest BCUT2D eigenvalue weighted by Crippen LogP contribution is -2.41. The summed E-state index contributed by atoms with van der Waals surface area (Å²) in [4.78, 5) is -1.07. The summed E-state index contributed by atoms with van der Waals surface area (Å²) in [6.07, 6.45) is 2.97. The molecule has 1 heterocycles. The Bertz CT molecular complexity index is 601. The average Bonchev–Trinajstić information content (AvgIpc) is 2.62. The molecular formula is C13H15BrF3NO2S. The molecule has 1 aromatic rings. The van der Waals surface area contributed by atoms with Gasteiger partial charge in [-0.1, -0.05) is 28.8 Å². The van der Waals surface area contributed by atoms with Gasteiger partial charge >= 0.3 is 0 Å². The van der Waals surface area contributed by atoms with Crippen LogP contribution >= 0.6 is 15.9 Å². The number of rotatable bonds is 3. The van der Waals surface area contributed by atoms with Crippen molar-refractivity contribution in [3.63, 3.8) is 0 Å². The zero-order chi connectivity index (χ0) is 15.6. The second-order valence-corrected chi connectivity index (χ2v) is 7.45. The van der Waals surface area contributed by atoms with E-state index in [-0.39, 0.29) is 12.6 Å². The van der Waals surface area contributed by atoms with E-state index in [1.54, 1.807) is 0 Å². The number of benzene rings is 1. The molecule has 0 amide bonds. The van der Waals surface area contributed by atoms with Crippen molar-refractivity contribution >= 4 is 26.0 Å². The Morgan fingerprint density at radius 1 is 1.14 bits per heavy atom. The second kappa shape index (κ2) is 6.66. The molecule has 1 aromatic carbocycles. The summed E-state index contributed by atoms with van der Waals surface area (Å²) >= 11 is 3.25. The van der Waals surface area contributed by atoms with Crippen LogP contribution in [-0.4, -0.2) is 30.6 Å². The topological polar surface area (TPSA) is 37.4 Å². The summed E-state index contributed by atoms with van der Waals surface area (Å²) in [7, 11) is -4.34. The lowest BCUT2D eigenvalue weighted by Gasteiger charge is -2.28. The Balaban J connectivity index is 2.50. The highest BCUT2D eigenvalue weighted by Crippen LogP contribution is 2.29. The number of halogens is 4. The highest BCUT2D eigenvalue weighted by molar-refractivity contribution is 9.09. The molecule has 3 nitrogen and oxygen atoms in total. The summed E-state index contributed by atoms with van der Waals surface area (Å²) in [5, 5.41) is 0.386. The molecule has 1 fully saturated rings. The molecular weight excluding hydrogens is 371 g/mol. The first kappa shape index (κ1) is 16.8. The van der Waals surface area contributed by atoms with Crippen LogP contribution in [-0.2, 0) is 10.0 Å². The summed E-state index contributed by atoms with van der Waals surface area (Å²) in [6.45, 7) is 0.203. The Hall–Kier alpha value is -0.600. The van der Waals surface area contributed by atoms with Crippen LogP contribution in [0.15, 0.2) is 17.0 Å². The summed E-state index contributed by atoms with van der Waals surface area (Å²) in [5.41, 5.74) is 0. The summed E-state index contributed by atoms with van der Waals surface area (Å²) < 4.78 is 66.8. The molecule has 1 aliphatic rings. The Labute approximate surface area is 130 Å². The Morgan fingerprint density at radius 2 is 1.76 bits per heavy atom. The van der Waals surface area contributed by atoms with Gasteiger partial charge in [0.05, 0.1) is 0 Å². The first-order chi connectivity index (χ1) is 9.87. The fourth-order valence-electron chi connectivity index (χ4n) is 2.51. The van der Waals surface area contributed by atoms with E-state index in [1.807, 2.05) is 0 Å². The van der Waals surface area contributed by atoms with E-state index >= 15 is 0 Å². The van der Waals surface area contributed by atoms with Crippen LogP contribution in [0.2, 0.25) is 0 Å². The van der Waals surface area contributed by atoms with Crippen LogP contribution in [0.4, 0.5) is 13.2 Å². The maximum absolute atomic E-state index is 13.8. The Kier molecular flexibility index (Phi) is 5.32. The fraction of sp³-hybridized carbons (Fsp3) is 0.538. The largest absolute Gasteiger partial charge is 0.249 e. The third-order valence-electron chi connectivity index (χ3n) is 3.53. The van der Waals surface area contributed by atoms with E-state index in [1.165, 1.54) is 0 Å². The Morgan fingerprint density at radius 3 is 2.33 bits per heavy atom. The van der Waals surface area contributed by atoms with Crippen LogP contribution < -0.4 is 0 Å². The van der Waals surface area contributed by atoms with Gasteiger partial charge in [-0.25, -0.2) is 21.6 Å². The van der Waals surface area contributed by atoms with Gasteiger partial charge in [-0.15, -0.1) is 0 Å². The summed E-state index contributed by atoms with van der Waals surface area (Å²) in [6, 6.07) is 0.412. The van der Waals surface area contributed by atoms with Crippen LogP contribution in [0.5, 0.6) is 0 Å². The minimum absolute atomic E-state index is 0.203. The SMILES string of the molecule is O=S(=O)(c1c(F)cc(F)cc1F)N1CCCCCC1CBr. The molecule has 8 heteroatoms. The first-order valence-corrected chi connectivity index (χ1v) is 9.16. The van der Waals surface area contributed by atoms with Gasteiger partial charge < -0.3 is 0 Å². The molecule has 1 aliphatic heterocycles. The second-order valence-electron chi connectivity index (χ2n) is 4.97. The minimum atomic E-state index is -4.34. The molecule has 0 bridgehead atoms. The molecule has 0 aromatic heterocycles. The molecule has 0 aliphatic carbocycles. The van der Waals surface area contributed by atoms with Crippen molar-refractivity contribution in [3.05, 3.63) is 29.6 Å². The number of hydrogen-bond acceptors (Lipinski definition) is 2. The number of hydrogen-bond donors (Lipinski definition) is 0. The maximum Gasteiger partial charge on any atom is 0.249 e. The van der Waals surface area contributed by atoms with Gasteiger partial charge in [0.2, 0.25) is 10.0 Å². The van der Waals surface area contributed by atoms with Gasteiger partial charge in [0.15, 0.2) is 4.90 Å². The van der Waals surface area contributed by atoms with Crippen molar-refractivity contribution in [2.24, 2.45) is 0 Å². The lowest BCUT2D eigenvalue weighted by molar-refractivity contribution is 0.343. The van der Waals surface area contributed by atoms with Crippen LogP contribution in [0, 0.1) is 17.5 Å². The van der Waals surface area contributed by atoms with Gasteiger partial charge in [-0.3, -0.25) is 0 Å². The van der Waals surface area contributed by atoms with Crippen molar-refractivity contribution in [2.45, 2.75) is 36.6 Å². The molecule has 0 spiro atoms. The monoisotopic (exact) mass is 385 g/mol. The predicted molar refractivity (Wildman–Crippen MR) is 76.3 cm³/mol. The molecule has 0 N–H and O–H groups in total. The van der Waals surface area contributed by atoms with E-state index in [4.69, 9.17) is 0 Å². The van der Waals surface area contributed by atoms with Crippen LogP contribution in [0.3, 0.4) is 0 Å². The quantitative estimate of drug-likeness (QED) is 0.747. The van der Waals surface area contributed by atoms with Crippen LogP contribution in [0.1, 0.15) is 25.7 Å². The van der Waals surface area contributed by atoms with Crippen molar-refractivity contribution in [2.75, 3.05) is 11.9 Å². The molecule has 21 heavy (non-hydrogen) atoms. The van der Waals surface area contributed by atoms with Crippen molar-refractivity contribution in [1.82, 2.24) is 4.31 Å². The highest BCUT2D eigenvalue weighted by Gasteiger charge is 2.36. The maximum atomic E-state index is 13.8. The molecule has 1 unspecified atom stereocenters. The number of sulfonamides is 1. The van der Waals surface area contributed by atoms with E-state index in [0.717, 1.165) is 17.1 Å². The lowest BCUT2D eigenvalue weighted by atomic mass is 10.1. The zero-order valence-electron chi connectivity index (χ0n) is 11.2. The van der Waals surface area contributed by atoms with Gasteiger partial charge in [0.25, 0.3) is 0 Å². The molecule has 1 atom stereocenters. The third-order valence-corrected chi connectivity index (χ3v) is 6.28. The number of alkyl halides is 1. The van der Waals surface area contributed by atoms with Crippen LogP contribution in [0.25, 0.3) is 0 Å². The average molecular weight is 386 g/mol. The van der Waals surface area contributed by atoms with Gasteiger partial charge in [0, 0.05) is 30.0 Å². The first-order valence-electron chi connectivity index (χ1n) is 6.60. The third kappa shape index (κ3) is 3.43. The van der Waals surface area contributed by atoms with Gasteiger partial charge in [-0.05, 0) is 12.8 Å². The molecule has 2 rings (SSSR count). The molecule has 118 valence electrons. The normalized spacial score (nSPS) is 21.2. The predicted octanol–water partition coefficient (Wildman–Crippen LogP) is 3.43. The number of nitrogens with zero attached hydrogens (tertiary/aromatic N) is 1. The van der Waals surface area contributed by atoms with E-state index < -0.39 is 32.4 Å². The fourth-order valence-corrected chi connectivity index (χ4v) is 5.17. The smallest absolute Gasteiger partial charge is 0.207 e. The molecule has 0 radical (unpaired) electrons. The molecule has 1 saturated heterocycles. The standard InChI is InChI=1S/C13H15BrF3NO2S/c14-8-10-4-2-1-3-5-18(10)21(19,20)13-11(16)6-9(15)7-12(13)17/h6-7,10H,1-5,8H2. The van der Waals surface area contributed by atoms with E-state index in [2.05, 4.69) is 15.9 Å². The summed E-state index contributed by atoms with van der Waals surface area (Å²) in [5.74, 6) is -3.94. The van der Waals surface area contributed by atoms with E-state index in [9.17, 15) is 21.6 Å². The van der Waals surface area contributed by atoms with Gasteiger partial charge in [-0.2, -0.15) is 4.31 Å². The van der Waals surface area contributed by atoms with Crippen molar-refractivity contribution in [3.8, 4) is 0 Å². The zero-order valence-corrected chi connectivity index (χ0v) is 13.6. The van der Waals surface area contributed by atoms with Crippen molar-refractivity contribution < 1.29 is 21.6 Å².